The molecule has 2 nitrogen and oxygen atoms in total. The molecule has 2 aromatic rings. The van der Waals surface area contributed by atoms with Crippen molar-refractivity contribution in [2.24, 2.45) is 0 Å². The summed E-state index contributed by atoms with van der Waals surface area (Å²) in [4.78, 5) is 0. The Morgan fingerprint density at radius 1 is 1.05 bits per heavy atom. The summed E-state index contributed by atoms with van der Waals surface area (Å²) in [6.07, 6.45) is 0. The maximum atomic E-state index is 8.84. The second kappa shape index (κ2) is 6.28. The van der Waals surface area contributed by atoms with E-state index in [4.69, 9.17) is 10.00 Å². The van der Waals surface area contributed by atoms with Gasteiger partial charge in [-0.25, -0.2) is 0 Å². The van der Waals surface area contributed by atoms with E-state index in [0.29, 0.717) is 17.9 Å². The first-order chi connectivity index (χ1) is 9.29. The SMILES string of the molecule is Cc1ccc(C#N)cc1OCC#Cc1ccccc1. The minimum Gasteiger partial charge on any atom is -0.481 e. The summed E-state index contributed by atoms with van der Waals surface area (Å²) in [5.74, 6) is 6.69. The number of hydrogen-bond donors (Lipinski definition) is 0. The molecule has 0 spiro atoms. The molecule has 2 rings (SSSR count). The van der Waals surface area contributed by atoms with Gasteiger partial charge in [-0.05, 0) is 36.8 Å². The van der Waals surface area contributed by atoms with Gasteiger partial charge in [0, 0.05) is 5.56 Å². The molecule has 0 saturated carbocycles. The van der Waals surface area contributed by atoms with Crippen molar-refractivity contribution in [1.82, 2.24) is 0 Å². The number of nitriles is 1. The molecule has 0 unspecified atom stereocenters. The Balaban J connectivity index is 2.01. The fourth-order valence-corrected chi connectivity index (χ4v) is 1.60. The maximum absolute atomic E-state index is 8.84. The van der Waals surface area contributed by atoms with Gasteiger partial charge in [0.25, 0.3) is 0 Å². The molecule has 0 aliphatic heterocycles. The van der Waals surface area contributed by atoms with E-state index in [1.165, 1.54) is 0 Å². The highest BCUT2D eigenvalue weighted by Gasteiger charge is 2.00. The van der Waals surface area contributed by atoms with Crippen molar-refractivity contribution in [3.05, 3.63) is 65.2 Å². The van der Waals surface area contributed by atoms with Crippen molar-refractivity contribution in [2.75, 3.05) is 6.61 Å². The van der Waals surface area contributed by atoms with Crippen LogP contribution in [0.15, 0.2) is 48.5 Å². The number of nitrogens with zero attached hydrogens (tertiary/aromatic N) is 1. The fraction of sp³-hybridized carbons (Fsp3) is 0.118. The highest BCUT2D eigenvalue weighted by Crippen LogP contribution is 2.18. The standard InChI is InChI=1S/C17H13NO/c1-14-9-10-16(13-18)12-17(14)19-11-5-8-15-6-3-2-4-7-15/h2-4,6-7,9-10,12H,11H2,1H3. The van der Waals surface area contributed by atoms with Crippen molar-refractivity contribution in [3.8, 4) is 23.7 Å². The zero-order valence-electron chi connectivity index (χ0n) is 10.7. The summed E-state index contributed by atoms with van der Waals surface area (Å²) in [5, 5.41) is 8.84. The van der Waals surface area contributed by atoms with Gasteiger partial charge in [0.15, 0.2) is 0 Å². The molecule has 92 valence electrons. The van der Waals surface area contributed by atoms with Crippen LogP contribution >= 0.6 is 0 Å². The van der Waals surface area contributed by atoms with Gasteiger partial charge in [-0.2, -0.15) is 5.26 Å². The Hall–Kier alpha value is -2.71. The number of rotatable bonds is 2. The number of ether oxygens (including phenoxy) is 1. The van der Waals surface area contributed by atoms with E-state index in [1.54, 1.807) is 12.1 Å². The first-order valence-electron chi connectivity index (χ1n) is 5.97. The van der Waals surface area contributed by atoms with Crippen LogP contribution in [-0.4, -0.2) is 6.61 Å². The summed E-state index contributed by atoms with van der Waals surface area (Å²) in [7, 11) is 0. The topological polar surface area (TPSA) is 33.0 Å². The minimum atomic E-state index is 0.310. The zero-order valence-corrected chi connectivity index (χ0v) is 10.7. The molecular weight excluding hydrogens is 234 g/mol. The van der Waals surface area contributed by atoms with Crippen LogP contribution in [0.3, 0.4) is 0 Å². The lowest BCUT2D eigenvalue weighted by atomic mass is 10.1. The molecule has 0 N–H and O–H groups in total. The lowest BCUT2D eigenvalue weighted by Gasteiger charge is -2.05. The second-order valence-corrected chi connectivity index (χ2v) is 4.05. The van der Waals surface area contributed by atoms with E-state index < -0.39 is 0 Å². The van der Waals surface area contributed by atoms with E-state index in [-0.39, 0.29) is 0 Å². The second-order valence-electron chi connectivity index (χ2n) is 4.05. The molecule has 19 heavy (non-hydrogen) atoms. The Labute approximate surface area is 113 Å². The Bertz CT molecular complexity index is 657. The third kappa shape index (κ3) is 3.63. The van der Waals surface area contributed by atoms with Gasteiger partial charge in [-0.15, -0.1) is 0 Å². The summed E-state index contributed by atoms with van der Waals surface area (Å²) in [5.41, 5.74) is 2.56. The van der Waals surface area contributed by atoms with E-state index in [0.717, 1.165) is 11.1 Å². The molecule has 0 fully saturated rings. The van der Waals surface area contributed by atoms with Gasteiger partial charge in [-0.1, -0.05) is 36.1 Å². The van der Waals surface area contributed by atoms with Crippen LogP contribution in [0.5, 0.6) is 5.75 Å². The summed E-state index contributed by atoms with van der Waals surface area (Å²) in [6, 6.07) is 17.2. The maximum Gasteiger partial charge on any atom is 0.149 e. The van der Waals surface area contributed by atoms with Crippen LogP contribution < -0.4 is 4.74 Å². The highest BCUT2D eigenvalue weighted by atomic mass is 16.5. The molecule has 2 aromatic carbocycles. The number of aryl methyl sites for hydroxylation is 1. The molecular formula is C17H13NO. The smallest absolute Gasteiger partial charge is 0.149 e. The van der Waals surface area contributed by atoms with E-state index in [1.807, 2.05) is 43.3 Å². The highest BCUT2D eigenvalue weighted by molar-refractivity contribution is 5.42. The van der Waals surface area contributed by atoms with Gasteiger partial charge < -0.3 is 4.74 Å². The van der Waals surface area contributed by atoms with Crippen molar-refractivity contribution < 1.29 is 4.74 Å². The van der Waals surface area contributed by atoms with Gasteiger partial charge in [0.1, 0.15) is 12.4 Å². The first-order valence-corrected chi connectivity index (χ1v) is 5.97. The zero-order chi connectivity index (χ0) is 13.5. The van der Waals surface area contributed by atoms with Crippen LogP contribution in [0.1, 0.15) is 16.7 Å². The van der Waals surface area contributed by atoms with Gasteiger partial charge in [-0.3, -0.25) is 0 Å². The summed E-state index contributed by atoms with van der Waals surface area (Å²) < 4.78 is 5.58. The van der Waals surface area contributed by atoms with Crippen LogP contribution in [0, 0.1) is 30.1 Å². The Morgan fingerprint density at radius 3 is 2.58 bits per heavy atom. The lowest BCUT2D eigenvalue weighted by molar-refractivity contribution is 0.367. The van der Waals surface area contributed by atoms with Crippen molar-refractivity contribution in [1.29, 1.82) is 5.26 Å². The predicted molar refractivity (Wildman–Crippen MR) is 74.7 cm³/mol. The Kier molecular flexibility index (Phi) is 4.21. The number of benzene rings is 2. The van der Waals surface area contributed by atoms with Gasteiger partial charge >= 0.3 is 0 Å². The largest absolute Gasteiger partial charge is 0.481 e. The molecule has 0 saturated heterocycles. The average molecular weight is 247 g/mol. The predicted octanol–water partition coefficient (Wildman–Crippen LogP) is 3.30. The molecule has 0 aliphatic rings. The number of hydrogen-bond acceptors (Lipinski definition) is 2. The lowest BCUT2D eigenvalue weighted by Crippen LogP contribution is -1.96. The van der Waals surface area contributed by atoms with Crippen LogP contribution in [0.4, 0.5) is 0 Å². The van der Waals surface area contributed by atoms with E-state index >= 15 is 0 Å². The Morgan fingerprint density at radius 2 is 1.84 bits per heavy atom. The normalized spacial score (nSPS) is 9.05. The third-order valence-electron chi connectivity index (χ3n) is 2.62. The first kappa shape index (κ1) is 12.7. The molecule has 0 radical (unpaired) electrons. The monoisotopic (exact) mass is 247 g/mol. The average Bonchev–Trinajstić information content (AvgIpc) is 2.46. The molecule has 2 heteroatoms. The van der Waals surface area contributed by atoms with E-state index in [9.17, 15) is 0 Å². The molecule has 0 atom stereocenters. The molecule has 0 aliphatic carbocycles. The minimum absolute atomic E-state index is 0.310. The van der Waals surface area contributed by atoms with Gasteiger partial charge in [0.2, 0.25) is 0 Å². The molecule has 0 heterocycles. The summed E-state index contributed by atoms with van der Waals surface area (Å²) >= 11 is 0. The quantitative estimate of drug-likeness (QED) is 0.763. The summed E-state index contributed by atoms with van der Waals surface area (Å²) in [6.45, 7) is 2.26. The third-order valence-corrected chi connectivity index (χ3v) is 2.62. The van der Waals surface area contributed by atoms with Crippen molar-refractivity contribution >= 4 is 0 Å². The van der Waals surface area contributed by atoms with Crippen molar-refractivity contribution in [3.63, 3.8) is 0 Å². The van der Waals surface area contributed by atoms with Gasteiger partial charge in [0.05, 0.1) is 11.6 Å². The fourth-order valence-electron chi connectivity index (χ4n) is 1.60. The van der Waals surface area contributed by atoms with Crippen LogP contribution in [0.25, 0.3) is 0 Å². The molecule has 0 aromatic heterocycles. The molecule has 0 amide bonds. The van der Waals surface area contributed by atoms with Crippen LogP contribution in [0.2, 0.25) is 0 Å². The van der Waals surface area contributed by atoms with E-state index in [2.05, 4.69) is 17.9 Å². The molecule has 0 bridgehead atoms. The van der Waals surface area contributed by atoms with Crippen molar-refractivity contribution in [2.45, 2.75) is 6.92 Å². The van der Waals surface area contributed by atoms with Crippen LogP contribution in [-0.2, 0) is 0 Å².